The number of rotatable bonds is 6. The smallest absolute Gasteiger partial charge is 0.272 e. The Morgan fingerprint density at radius 2 is 1.88 bits per heavy atom. The van der Waals surface area contributed by atoms with E-state index in [9.17, 15) is 9.59 Å². The molecule has 8 heteroatoms. The molecule has 146 valence electrons. The van der Waals surface area contributed by atoms with E-state index < -0.39 is 0 Å². The lowest BCUT2D eigenvalue weighted by molar-refractivity contribution is -0.122. The normalized spacial score (nSPS) is 16.0. The van der Waals surface area contributed by atoms with Crippen LogP contribution in [-0.4, -0.2) is 84.4 Å². The van der Waals surface area contributed by atoms with Gasteiger partial charge in [-0.1, -0.05) is 20.8 Å². The van der Waals surface area contributed by atoms with Crippen LogP contribution in [0.25, 0.3) is 0 Å². The summed E-state index contributed by atoms with van der Waals surface area (Å²) in [7, 11) is 3.41. The fraction of sp³-hybridized carbons (Fsp3) is 0.722. The molecule has 26 heavy (non-hydrogen) atoms. The molecule has 0 saturated carbocycles. The number of carbonyl (C=O) groups excluding carboxylic acids is 2. The fourth-order valence-corrected chi connectivity index (χ4v) is 2.86. The molecule has 0 spiro atoms. The molecule has 1 N–H and O–H groups in total. The van der Waals surface area contributed by atoms with E-state index in [-0.39, 0.29) is 17.2 Å². The van der Waals surface area contributed by atoms with Crippen LogP contribution in [0.3, 0.4) is 0 Å². The third-order valence-corrected chi connectivity index (χ3v) is 4.52. The molecule has 0 unspecified atom stereocenters. The monoisotopic (exact) mass is 365 g/mol. The summed E-state index contributed by atoms with van der Waals surface area (Å²) in [6.07, 6.45) is 0. The second-order valence-corrected chi connectivity index (χ2v) is 7.70. The molecule has 2 rings (SSSR count). The van der Waals surface area contributed by atoms with Crippen molar-refractivity contribution in [2.75, 3.05) is 53.0 Å². The Morgan fingerprint density at radius 1 is 1.23 bits per heavy atom. The zero-order chi connectivity index (χ0) is 19.3. The van der Waals surface area contributed by atoms with Gasteiger partial charge in [-0.2, -0.15) is 5.10 Å². The SMILES string of the molecule is COCCNC(=O)CN1CCN(C(=O)c2cc(C(C)(C)C)nn2C)CC1. The van der Waals surface area contributed by atoms with Crippen molar-refractivity contribution in [1.29, 1.82) is 0 Å². The standard InChI is InChI=1S/C18H31N5O3/c1-18(2,3)15-12-14(21(4)20-15)17(25)23-9-7-22(8-10-23)13-16(24)19-6-11-26-5/h12H,6-11,13H2,1-5H3,(H,19,24). The molecule has 0 atom stereocenters. The van der Waals surface area contributed by atoms with E-state index in [1.807, 2.05) is 18.0 Å². The van der Waals surface area contributed by atoms with Gasteiger partial charge in [-0.05, 0) is 6.07 Å². The summed E-state index contributed by atoms with van der Waals surface area (Å²) in [5, 5.41) is 7.30. The van der Waals surface area contributed by atoms with Crippen LogP contribution in [0.4, 0.5) is 0 Å². The molecule has 1 aliphatic rings. The number of hydrogen-bond acceptors (Lipinski definition) is 5. The molecular formula is C18H31N5O3. The van der Waals surface area contributed by atoms with Gasteiger partial charge >= 0.3 is 0 Å². The van der Waals surface area contributed by atoms with Crippen LogP contribution in [0.1, 0.15) is 37.0 Å². The summed E-state index contributed by atoms with van der Waals surface area (Å²) in [6, 6.07) is 1.89. The third-order valence-electron chi connectivity index (χ3n) is 4.52. The van der Waals surface area contributed by atoms with Crippen LogP contribution >= 0.6 is 0 Å². The van der Waals surface area contributed by atoms with Crippen molar-refractivity contribution >= 4 is 11.8 Å². The lowest BCUT2D eigenvalue weighted by atomic mass is 9.92. The van der Waals surface area contributed by atoms with Gasteiger partial charge in [0.2, 0.25) is 5.91 Å². The maximum atomic E-state index is 12.8. The minimum absolute atomic E-state index is 0.000281. The zero-order valence-electron chi connectivity index (χ0n) is 16.5. The summed E-state index contributed by atoms with van der Waals surface area (Å²) < 4.78 is 6.58. The highest BCUT2D eigenvalue weighted by Gasteiger charge is 2.27. The minimum Gasteiger partial charge on any atom is -0.383 e. The quantitative estimate of drug-likeness (QED) is 0.731. The van der Waals surface area contributed by atoms with Crippen molar-refractivity contribution < 1.29 is 14.3 Å². The van der Waals surface area contributed by atoms with Crippen LogP contribution < -0.4 is 5.32 Å². The molecule has 8 nitrogen and oxygen atoms in total. The van der Waals surface area contributed by atoms with Gasteiger partial charge in [-0.25, -0.2) is 0 Å². The average molecular weight is 365 g/mol. The van der Waals surface area contributed by atoms with Crippen molar-refractivity contribution in [2.24, 2.45) is 7.05 Å². The fourth-order valence-electron chi connectivity index (χ4n) is 2.86. The summed E-state index contributed by atoms with van der Waals surface area (Å²) >= 11 is 0. The Kier molecular flexibility index (Phi) is 6.77. The van der Waals surface area contributed by atoms with E-state index in [0.717, 1.165) is 5.69 Å². The first-order valence-corrected chi connectivity index (χ1v) is 9.04. The van der Waals surface area contributed by atoms with E-state index >= 15 is 0 Å². The largest absolute Gasteiger partial charge is 0.383 e. The molecule has 2 heterocycles. The first-order valence-electron chi connectivity index (χ1n) is 9.04. The molecule has 1 saturated heterocycles. The maximum absolute atomic E-state index is 12.8. The highest BCUT2D eigenvalue weighted by molar-refractivity contribution is 5.92. The number of nitrogens with one attached hydrogen (secondary N) is 1. The van der Waals surface area contributed by atoms with E-state index in [4.69, 9.17) is 4.74 Å². The minimum atomic E-state index is -0.0921. The highest BCUT2D eigenvalue weighted by atomic mass is 16.5. The predicted octanol–water partition coefficient (Wildman–Crippen LogP) is 0.238. The summed E-state index contributed by atoms with van der Waals surface area (Å²) in [4.78, 5) is 28.6. The molecule has 1 aliphatic heterocycles. The number of piperazine rings is 1. The molecular weight excluding hydrogens is 334 g/mol. The zero-order valence-corrected chi connectivity index (χ0v) is 16.5. The molecule has 1 aromatic rings. The summed E-state index contributed by atoms with van der Waals surface area (Å²) in [5.41, 5.74) is 1.43. The lowest BCUT2D eigenvalue weighted by Gasteiger charge is -2.34. The first kappa shape index (κ1) is 20.4. The van der Waals surface area contributed by atoms with Crippen LogP contribution in [0, 0.1) is 0 Å². The van der Waals surface area contributed by atoms with Gasteiger partial charge in [0.25, 0.3) is 5.91 Å². The number of aryl methyl sites for hydroxylation is 1. The number of nitrogens with zero attached hydrogens (tertiary/aromatic N) is 4. The van der Waals surface area contributed by atoms with E-state index in [2.05, 4.69) is 36.1 Å². The average Bonchev–Trinajstić information content (AvgIpc) is 2.97. The van der Waals surface area contributed by atoms with Crippen molar-refractivity contribution in [3.8, 4) is 0 Å². The Balaban J connectivity index is 1.87. The highest BCUT2D eigenvalue weighted by Crippen LogP contribution is 2.22. The topological polar surface area (TPSA) is 79.7 Å². The Labute approximate surface area is 155 Å². The van der Waals surface area contributed by atoms with Gasteiger partial charge in [0.05, 0.1) is 18.8 Å². The molecule has 0 radical (unpaired) electrons. The molecule has 2 amide bonds. The van der Waals surface area contributed by atoms with Gasteiger partial charge in [0.15, 0.2) is 0 Å². The number of hydrogen-bond donors (Lipinski definition) is 1. The number of carbonyl (C=O) groups is 2. The van der Waals surface area contributed by atoms with Gasteiger partial charge in [-0.3, -0.25) is 19.2 Å². The van der Waals surface area contributed by atoms with Crippen molar-refractivity contribution in [2.45, 2.75) is 26.2 Å². The molecule has 0 bridgehead atoms. The molecule has 0 aliphatic carbocycles. The number of aromatic nitrogens is 2. The van der Waals surface area contributed by atoms with Crippen LogP contribution in [0.2, 0.25) is 0 Å². The molecule has 1 aromatic heterocycles. The number of amides is 2. The molecule has 0 aromatic carbocycles. The van der Waals surface area contributed by atoms with E-state index in [0.29, 0.717) is 51.6 Å². The van der Waals surface area contributed by atoms with Gasteiger partial charge in [0, 0.05) is 52.3 Å². The second-order valence-electron chi connectivity index (χ2n) is 7.70. The molecule has 1 fully saturated rings. The van der Waals surface area contributed by atoms with Crippen molar-refractivity contribution in [3.05, 3.63) is 17.5 Å². The van der Waals surface area contributed by atoms with Crippen LogP contribution in [0.15, 0.2) is 6.07 Å². The van der Waals surface area contributed by atoms with Gasteiger partial charge < -0.3 is 15.0 Å². The van der Waals surface area contributed by atoms with Crippen molar-refractivity contribution in [1.82, 2.24) is 24.9 Å². The van der Waals surface area contributed by atoms with E-state index in [1.165, 1.54) is 0 Å². The number of methoxy groups -OCH3 is 1. The van der Waals surface area contributed by atoms with Crippen molar-refractivity contribution in [3.63, 3.8) is 0 Å². The van der Waals surface area contributed by atoms with Gasteiger partial charge in [-0.15, -0.1) is 0 Å². The summed E-state index contributed by atoms with van der Waals surface area (Å²) in [5.74, 6) is -0.0111. The Bertz CT molecular complexity index is 627. The Hall–Kier alpha value is -1.93. The van der Waals surface area contributed by atoms with Gasteiger partial charge in [0.1, 0.15) is 5.69 Å². The van der Waals surface area contributed by atoms with Crippen LogP contribution in [0.5, 0.6) is 0 Å². The Morgan fingerprint density at radius 3 is 2.42 bits per heavy atom. The third kappa shape index (κ3) is 5.28. The summed E-state index contributed by atoms with van der Waals surface area (Å²) in [6.45, 7) is 10.2. The lowest BCUT2D eigenvalue weighted by Crippen LogP contribution is -2.51. The van der Waals surface area contributed by atoms with Crippen LogP contribution in [-0.2, 0) is 22.0 Å². The first-order chi connectivity index (χ1) is 12.2. The maximum Gasteiger partial charge on any atom is 0.272 e. The number of ether oxygens (including phenoxy) is 1. The second kappa shape index (κ2) is 8.64. The predicted molar refractivity (Wildman–Crippen MR) is 99.1 cm³/mol. The van der Waals surface area contributed by atoms with E-state index in [1.54, 1.807) is 11.8 Å².